The number of ether oxygens (including phenoxy) is 1. The maximum atomic E-state index is 12.2. The number of rotatable bonds is 4. The van der Waals surface area contributed by atoms with Gasteiger partial charge in [0.2, 0.25) is 0 Å². The third kappa shape index (κ3) is 3.27. The highest BCUT2D eigenvalue weighted by Gasteiger charge is 2.52. The first-order valence-corrected chi connectivity index (χ1v) is 8.38. The van der Waals surface area contributed by atoms with E-state index in [-0.39, 0.29) is 5.41 Å². The van der Waals surface area contributed by atoms with Crippen LogP contribution < -0.4 is 0 Å². The van der Waals surface area contributed by atoms with Gasteiger partial charge in [0.1, 0.15) is 5.78 Å². The van der Waals surface area contributed by atoms with Crippen LogP contribution in [0.2, 0.25) is 0 Å². The zero-order valence-corrected chi connectivity index (χ0v) is 14.0. The standard InChI is InChI=1S/C18H32O2/c1-13(20-12-11-17(2,3)4)14-8-9-15-16(19)7-6-10-18(14,15)5/h13-15H,6-12H2,1-5H3/t13-,14?,15?,18?/m1/s1. The average Bonchev–Trinajstić information content (AvgIpc) is 2.66. The Labute approximate surface area is 124 Å². The highest BCUT2D eigenvalue weighted by molar-refractivity contribution is 5.83. The van der Waals surface area contributed by atoms with Crippen LogP contribution in [0, 0.1) is 22.7 Å². The smallest absolute Gasteiger partial charge is 0.136 e. The first-order chi connectivity index (χ1) is 9.24. The number of Topliss-reactive ketones (excluding diaryl/α,β-unsaturated/α-hetero) is 1. The molecule has 0 bridgehead atoms. The van der Waals surface area contributed by atoms with Gasteiger partial charge in [-0.05, 0) is 55.8 Å². The summed E-state index contributed by atoms with van der Waals surface area (Å²) in [5.41, 5.74) is 0.541. The zero-order valence-electron chi connectivity index (χ0n) is 14.0. The Kier molecular flexibility index (Phi) is 4.63. The second-order valence-corrected chi connectivity index (χ2v) is 8.45. The lowest BCUT2D eigenvalue weighted by atomic mass is 9.64. The molecule has 0 heterocycles. The predicted molar refractivity (Wildman–Crippen MR) is 82.7 cm³/mol. The molecule has 4 atom stereocenters. The zero-order chi connectivity index (χ0) is 15.0. The molecule has 0 aliphatic heterocycles. The van der Waals surface area contributed by atoms with Crippen molar-refractivity contribution in [2.75, 3.05) is 6.61 Å². The summed E-state index contributed by atoms with van der Waals surface area (Å²) in [5, 5.41) is 0. The maximum absolute atomic E-state index is 12.2. The second-order valence-electron chi connectivity index (χ2n) is 8.45. The van der Waals surface area contributed by atoms with Crippen LogP contribution in [-0.2, 0) is 9.53 Å². The van der Waals surface area contributed by atoms with Gasteiger partial charge < -0.3 is 4.74 Å². The fraction of sp³-hybridized carbons (Fsp3) is 0.944. The molecule has 0 spiro atoms. The molecule has 0 N–H and O–H groups in total. The van der Waals surface area contributed by atoms with E-state index in [1.165, 1.54) is 12.8 Å². The summed E-state index contributed by atoms with van der Waals surface area (Å²) in [6.45, 7) is 12.2. The summed E-state index contributed by atoms with van der Waals surface area (Å²) in [6.07, 6.45) is 6.75. The number of fused-ring (bicyclic) bond motifs is 1. The Morgan fingerprint density at radius 1 is 1.35 bits per heavy atom. The van der Waals surface area contributed by atoms with Crippen molar-refractivity contribution in [3.8, 4) is 0 Å². The van der Waals surface area contributed by atoms with Gasteiger partial charge >= 0.3 is 0 Å². The average molecular weight is 280 g/mol. The Bertz CT molecular complexity index is 355. The van der Waals surface area contributed by atoms with E-state index in [1.54, 1.807) is 0 Å². The minimum atomic E-state index is 0.205. The largest absolute Gasteiger partial charge is 0.378 e. The van der Waals surface area contributed by atoms with Crippen molar-refractivity contribution < 1.29 is 9.53 Å². The van der Waals surface area contributed by atoms with Crippen molar-refractivity contribution in [3.63, 3.8) is 0 Å². The minimum absolute atomic E-state index is 0.205. The van der Waals surface area contributed by atoms with Crippen molar-refractivity contribution in [3.05, 3.63) is 0 Å². The molecule has 0 amide bonds. The van der Waals surface area contributed by atoms with E-state index >= 15 is 0 Å². The van der Waals surface area contributed by atoms with Crippen molar-refractivity contribution in [2.24, 2.45) is 22.7 Å². The van der Waals surface area contributed by atoms with Gasteiger partial charge in [-0.3, -0.25) is 4.79 Å². The molecule has 2 fully saturated rings. The summed E-state index contributed by atoms with van der Waals surface area (Å²) in [6, 6.07) is 0. The van der Waals surface area contributed by atoms with Gasteiger partial charge in [-0.25, -0.2) is 0 Å². The monoisotopic (exact) mass is 280 g/mol. The quantitative estimate of drug-likeness (QED) is 0.751. The van der Waals surface area contributed by atoms with Gasteiger partial charge in [0.05, 0.1) is 6.10 Å². The minimum Gasteiger partial charge on any atom is -0.378 e. The summed E-state index contributed by atoms with van der Waals surface area (Å²) in [7, 11) is 0. The van der Waals surface area contributed by atoms with E-state index < -0.39 is 0 Å². The molecule has 2 rings (SSSR count). The van der Waals surface area contributed by atoms with Gasteiger partial charge in [-0.15, -0.1) is 0 Å². The molecule has 0 aromatic heterocycles. The highest BCUT2D eigenvalue weighted by Crippen LogP contribution is 2.55. The number of ketones is 1. The van der Waals surface area contributed by atoms with Crippen LogP contribution in [0.15, 0.2) is 0 Å². The van der Waals surface area contributed by atoms with Crippen molar-refractivity contribution in [1.82, 2.24) is 0 Å². The van der Waals surface area contributed by atoms with Crippen LogP contribution in [-0.4, -0.2) is 18.5 Å². The van der Waals surface area contributed by atoms with Crippen molar-refractivity contribution >= 4 is 5.78 Å². The SMILES string of the molecule is C[C@@H](OCCC(C)(C)C)C1CCC2C(=O)CCCC21C. The normalized spacial score (nSPS) is 36.0. The second kappa shape index (κ2) is 5.79. The Hall–Kier alpha value is -0.370. The van der Waals surface area contributed by atoms with Crippen LogP contribution in [0.25, 0.3) is 0 Å². The summed E-state index contributed by atoms with van der Waals surface area (Å²) < 4.78 is 6.14. The van der Waals surface area contributed by atoms with Crippen molar-refractivity contribution in [2.45, 2.75) is 79.2 Å². The van der Waals surface area contributed by atoms with Crippen LogP contribution in [0.1, 0.15) is 73.1 Å². The summed E-state index contributed by atoms with van der Waals surface area (Å²) in [4.78, 5) is 12.2. The van der Waals surface area contributed by atoms with E-state index in [0.717, 1.165) is 32.3 Å². The lowest BCUT2D eigenvalue weighted by Gasteiger charge is -2.42. The van der Waals surface area contributed by atoms with Gasteiger partial charge in [0.15, 0.2) is 0 Å². The predicted octanol–water partition coefficient (Wildman–Crippen LogP) is 4.61. The Morgan fingerprint density at radius 2 is 2.05 bits per heavy atom. The van der Waals surface area contributed by atoms with E-state index in [2.05, 4.69) is 34.6 Å². The molecular weight excluding hydrogens is 248 g/mol. The van der Waals surface area contributed by atoms with Crippen LogP contribution in [0.4, 0.5) is 0 Å². The molecule has 116 valence electrons. The molecule has 0 saturated heterocycles. The van der Waals surface area contributed by atoms with Gasteiger partial charge in [-0.1, -0.05) is 27.7 Å². The summed E-state index contributed by atoms with van der Waals surface area (Å²) in [5.74, 6) is 1.40. The number of carbonyl (C=O) groups is 1. The molecular formula is C18H32O2. The van der Waals surface area contributed by atoms with E-state index in [9.17, 15) is 4.79 Å². The molecule has 2 aliphatic rings. The van der Waals surface area contributed by atoms with Crippen LogP contribution in [0.5, 0.6) is 0 Å². The van der Waals surface area contributed by atoms with Crippen molar-refractivity contribution in [1.29, 1.82) is 0 Å². The molecule has 2 saturated carbocycles. The third-order valence-corrected chi connectivity index (χ3v) is 5.74. The molecule has 3 unspecified atom stereocenters. The van der Waals surface area contributed by atoms with Crippen LogP contribution in [0.3, 0.4) is 0 Å². The highest BCUT2D eigenvalue weighted by atomic mass is 16.5. The third-order valence-electron chi connectivity index (χ3n) is 5.74. The van der Waals surface area contributed by atoms with Gasteiger partial charge in [-0.2, -0.15) is 0 Å². The molecule has 2 nitrogen and oxygen atoms in total. The first-order valence-electron chi connectivity index (χ1n) is 8.38. The van der Waals surface area contributed by atoms with E-state index in [0.29, 0.717) is 29.1 Å². The van der Waals surface area contributed by atoms with Gasteiger partial charge in [0, 0.05) is 18.9 Å². The van der Waals surface area contributed by atoms with E-state index in [1.807, 2.05) is 0 Å². The molecule has 0 aromatic rings. The number of hydrogen-bond donors (Lipinski definition) is 0. The van der Waals surface area contributed by atoms with Crippen LogP contribution >= 0.6 is 0 Å². The molecule has 20 heavy (non-hydrogen) atoms. The Balaban J connectivity index is 1.93. The van der Waals surface area contributed by atoms with Gasteiger partial charge in [0.25, 0.3) is 0 Å². The topological polar surface area (TPSA) is 26.3 Å². The number of hydrogen-bond acceptors (Lipinski definition) is 2. The Morgan fingerprint density at radius 3 is 2.70 bits per heavy atom. The fourth-order valence-electron chi connectivity index (χ4n) is 4.41. The molecule has 2 heteroatoms. The lowest BCUT2D eigenvalue weighted by Crippen LogP contribution is -2.41. The maximum Gasteiger partial charge on any atom is 0.136 e. The molecule has 0 aromatic carbocycles. The van der Waals surface area contributed by atoms with E-state index in [4.69, 9.17) is 4.74 Å². The fourth-order valence-corrected chi connectivity index (χ4v) is 4.41. The summed E-state index contributed by atoms with van der Waals surface area (Å²) >= 11 is 0. The first kappa shape index (κ1) is 16.0. The molecule has 2 aliphatic carbocycles. The molecule has 0 radical (unpaired) electrons. The number of carbonyl (C=O) groups excluding carboxylic acids is 1. The lowest BCUT2D eigenvalue weighted by molar-refractivity contribution is -0.131.